The predicted octanol–water partition coefficient (Wildman–Crippen LogP) is 1.00. The van der Waals surface area contributed by atoms with Gasteiger partial charge >= 0.3 is 0 Å². The van der Waals surface area contributed by atoms with E-state index in [1.165, 1.54) is 0 Å². The average molecular weight is 181 g/mol. The number of aromatic hydroxyl groups is 1. The number of phenolic OH excluding ortho intramolecular Hbond substituents is 1. The minimum absolute atomic E-state index is 0.157. The fourth-order valence-electron chi connectivity index (χ4n) is 1.22. The first-order valence-electron chi connectivity index (χ1n) is 4.22. The summed E-state index contributed by atoms with van der Waals surface area (Å²) in [5.74, 6) is 0.157. The molecule has 0 unspecified atom stereocenters. The number of benzene rings is 1. The van der Waals surface area contributed by atoms with Crippen LogP contribution >= 0.6 is 0 Å². The zero-order chi connectivity index (χ0) is 10.0. The van der Waals surface area contributed by atoms with E-state index in [-0.39, 0.29) is 12.4 Å². The molecule has 13 heavy (non-hydrogen) atoms. The highest BCUT2D eigenvalue weighted by atomic mass is 16.3. The zero-order valence-electron chi connectivity index (χ0n) is 7.91. The molecular formula is C10H15NO2. The highest BCUT2D eigenvalue weighted by Gasteiger charge is 2.10. The van der Waals surface area contributed by atoms with Crippen LogP contribution in [0.2, 0.25) is 0 Å². The Labute approximate surface area is 77.8 Å². The molecule has 0 bridgehead atoms. The van der Waals surface area contributed by atoms with Gasteiger partial charge in [-0.25, -0.2) is 0 Å². The molecule has 0 saturated carbocycles. The summed E-state index contributed by atoms with van der Waals surface area (Å²) in [6.45, 7) is 3.71. The molecule has 4 N–H and O–H groups in total. The second kappa shape index (κ2) is 3.77. The summed E-state index contributed by atoms with van der Waals surface area (Å²) in [6.07, 6.45) is 0. The van der Waals surface area contributed by atoms with Gasteiger partial charge in [0.15, 0.2) is 0 Å². The average Bonchev–Trinajstić information content (AvgIpc) is 2.10. The van der Waals surface area contributed by atoms with E-state index >= 15 is 0 Å². The van der Waals surface area contributed by atoms with Gasteiger partial charge in [-0.05, 0) is 31.0 Å². The van der Waals surface area contributed by atoms with E-state index in [2.05, 4.69) is 0 Å². The molecule has 0 aromatic heterocycles. The Morgan fingerprint density at radius 1 is 1.31 bits per heavy atom. The van der Waals surface area contributed by atoms with Gasteiger partial charge in [0, 0.05) is 5.56 Å². The molecule has 3 nitrogen and oxygen atoms in total. The summed E-state index contributed by atoms with van der Waals surface area (Å²) in [4.78, 5) is 0. The van der Waals surface area contributed by atoms with Gasteiger partial charge in [0.25, 0.3) is 0 Å². The maximum Gasteiger partial charge on any atom is 0.120 e. The molecular weight excluding hydrogens is 166 g/mol. The molecule has 0 aliphatic carbocycles. The van der Waals surface area contributed by atoms with Crippen LogP contribution in [0.4, 0.5) is 0 Å². The third-order valence-corrected chi connectivity index (χ3v) is 2.24. The lowest BCUT2D eigenvalue weighted by Gasteiger charge is -2.12. The van der Waals surface area contributed by atoms with Crippen molar-refractivity contribution in [1.29, 1.82) is 0 Å². The minimum Gasteiger partial charge on any atom is -0.508 e. The normalized spacial score (nSPS) is 12.9. The van der Waals surface area contributed by atoms with Gasteiger partial charge in [-0.15, -0.1) is 0 Å². The second-order valence-corrected chi connectivity index (χ2v) is 3.28. The van der Waals surface area contributed by atoms with Gasteiger partial charge < -0.3 is 15.9 Å². The molecule has 0 amide bonds. The standard InChI is InChI=1S/C10H15NO2/c1-6-3-8(9(11)5-12)10(13)4-7(6)2/h3-4,9,12-13H,5,11H2,1-2H3/t9-/m1/s1. The summed E-state index contributed by atoms with van der Waals surface area (Å²) in [7, 11) is 0. The van der Waals surface area contributed by atoms with Gasteiger partial charge in [-0.3, -0.25) is 0 Å². The van der Waals surface area contributed by atoms with E-state index in [1.54, 1.807) is 6.07 Å². The van der Waals surface area contributed by atoms with E-state index < -0.39 is 6.04 Å². The first kappa shape index (κ1) is 10.0. The molecule has 1 aromatic rings. The van der Waals surface area contributed by atoms with Gasteiger partial charge in [0.05, 0.1) is 12.6 Å². The number of aryl methyl sites for hydroxylation is 2. The van der Waals surface area contributed by atoms with Gasteiger partial charge in [0.2, 0.25) is 0 Å². The lowest BCUT2D eigenvalue weighted by atomic mass is 10.0. The molecule has 0 aliphatic heterocycles. The van der Waals surface area contributed by atoms with Crippen molar-refractivity contribution in [2.24, 2.45) is 5.73 Å². The first-order valence-corrected chi connectivity index (χ1v) is 4.22. The van der Waals surface area contributed by atoms with Crippen LogP contribution in [0, 0.1) is 13.8 Å². The highest BCUT2D eigenvalue weighted by molar-refractivity contribution is 5.42. The lowest BCUT2D eigenvalue weighted by molar-refractivity contribution is 0.265. The van der Waals surface area contributed by atoms with E-state index in [0.717, 1.165) is 11.1 Å². The SMILES string of the molecule is Cc1cc(O)c([C@H](N)CO)cc1C. The first-order chi connectivity index (χ1) is 6.06. The van der Waals surface area contributed by atoms with Crippen molar-refractivity contribution in [3.8, 4) is 5.75 Å². The Morgan fingerprint density at radius 2 is 1.85 bits per heavy atom. The molecule has 0 aliphatic rings. The monoisotopic (exact) mass is 181 g/mol. The third-order valence-electron chi connectivity index (χ3n) is 2.24. The number of rotatable bonds is 2. The van der Waals surface area contributed by atoms with Crippen molar-refractivity contribution in [1.82, 2.24) is 0 Å². The topological polar surface area (TPSA) is 66.5 Å². The molecule has 1 atom stereocenters. The van der Waals surface area contributed by atoms with E-state index in [1.807, 2.05) is 19.9 Å². The molecule has 72 valence electrons. The van der Waals surface area contributed by atoms with Crippen molar-refractivity contribution >= 4 is 0 Å². The lowest BCUT2D eigenvalue weighted by Crippen LogP contribution is -2.14. The van der Waals surface area contributed by atoms with Crippen LogP contribution < -0.4 is 5.73 Å². The summed E-state index contributed by atoms with van der Waals surface area (Å²) in [6, 6.07) is 2.98. The summed E-state index contributed by atoms with van der Waals surface area (Å²) in [5, 5.41) is 18.4. The van der Waals surface area contributed by atoms with Crippen molar-refractivity contribution in [3.63, 3.8) is 0 Å². The fourth-order valence-corrected chi connectivity index (χ4v) is 1.22. The largest absolute Gasteiger partial charge is 0.508 e. The Balaban J connectivity index is 3.15. The molecule has 3 heteroatoms. The number of aliphatic hydroxyl groups is 1. The van der Waals surface area contributed by atoms with Gasteiger partial charge in [-0.1, -0.05) is 6.07 Å². The third kappa shape index (κ3) is 1.99. The van der Waals surface area contributed by atoms with E-state index in [9.17, 15) is 5.11 Å². The van der Waals surface area contributed by atoms with E-state index in [4.69, 9.17) is 10.8 Å². The summed E-state index contributed by atoms with van der Waals surface area (Å²) < 4.78 is 0. The molecule has 0 heterocycles. The van der Waals surface area contributed by atoms with Crippen LogP contribution in [0.15, 0.2) is 12.1 Å². The Kier molecular flexibility index (Phi) is 2.90. The van der Waals surface area contributed by atoms with Crippen LogP contribution in [0.1, 0.15) is 22.7 Å². The number of phenols is 1. The number of hydrogen-bond donors (Lipinski definition) is 3. The maximum atomic E-state index is 9.53. The van der Waals surface area contributed by atoms with Crippen molar-refractivity contribution in [2.45, 2.75) is 19.9 Å². The second-order valence-electron chi connectivity index (χ2n) is 3.28. The number of hydrogen-bond acceptors (Lipinski definition) is 3. The predicted molar refractivity (Wildman–Crippen MR) is 51.6 cm³/mol. The minimum atomic E-state index is -0.501. The summed E-state index contributed by atoms with van der Waals surface area (Å²) in [5.41, 5.74) is 8.29. The molecule has 1 aromatic carbocycles. The van der Waals surface area contributed by atoms with Gasteiger partial charge in [-0.2, -0.15) is 0 Å². The van der Waals surface area contributed by atoms with Crippen LogP contribution in [0.25, 0.3) is 0 Å². The molecule has 0 saturated heterocycles. The smallest absolute Gasteiger partial charge is 0.120 e. The van der Waals surface area contributed by atoms with Crippen LogP contribution in [0.5, 0.6) is 5.75 Å². The quantitative estimate of drug-likeness (QED) is 0.637. The number of nitrogens with two attached hydrogens (primary N) is 1. The Bertz CT molecular complexity index is 310. The van der Waals surface area contributed by atoms with Crippen LogP contribution in [-0.2, 0) is 0 Å². The summed E-state index contributed by atoms with van der Waals surface area (Å²) >= 11 is 0. The Hall–Kier alpha value is -1.06. The van der Waals surface area contributed by atoms with Crippen molar-refractivity contribution in [3.05, 3.63) is 28.8 Å². The fraction of sp³-hybridized carbons (Fsp3) is 0.400. The van der Waals surface area contributed by atoms with Crippen LogP contribution in [-0.4, -0.2) is 16.8 Å². The van der Waals surface area contributed by atoms with Crippen molar-refractivity contribution < 1.29 is 10.2 Å². The Morgan fingerprint density at radius 3 is 2.38 bits per heavy atom. The molecule has 0 spiro atoms. The number of aliphatic hydroxyl groups excluding tert-OH is 1. The molecule has 0 radical (unpaired) electrons. The van der Waals surface area contributed by atoms with E-state index in [0.29, 0.717) is 5.56 Å². The highest BCUT2D eigenvalue weighted by Crippen LogP contribution is 2.25. The van der Waals surface area contributed by atoms with Crippen molar-refractivity contribution in [2.75, 3.05) is 6.61 Å². The van der Waals surface area contributed by atoms with Gasteiger partial charge in [0.1, 0.15) is 5.75 Å². The van der Waals surface area contributed by atoms with Crippen LogP contribution in [0.3, 0.4) is 0 Å². The maximum absolute atomic E-state index is 9.53. The zero-order valence-corrected chi connectivity index (χ0v) is 7.91. The molecule has 0 fully saturated rings. The molecule has 1 rings (SSSR count).